The number of ketones is 1. The molecular formula is C28H35BrO7. The summed E-state index contributed by atoms with van der Waals surface area (Å²) in [4.78, 5) is 23.8. The molecule has 1 saturated carbocycles. The fraction of sp³-hybridized carbons (Fsp3) is 0.500. The third-order valence-corrected chi connectivity index (χ3v) is 6.51. The highest BCUT2D eigenvalue weighted by Gasteiger charge is 2.27. The molecule has 0 atom stereocenters. The Hall–Kier alpha value is -2.74. The average molecular weight is 563 g/mol. The molecule has 3 rings (SSSR count). The molecule has 0 aliphatic heterocycles. The van der Waals surface area contributed by atoms with E-state index in [1.165, 1.54) is 20.0 Å². The first-order valence-electron chi connectivity index (χ1n) is 12.4. The van der Waals surface area contributed by atoms with Crippen LogP contribution in [0.4, 0.5) is 0 Å². The van der Waals surface area contributed by atoms with Gasteiger partial charge in [-0.3, -0.25) is 4.79 Å². The lowest BCUT2D eigenvalue weighted by molar-refractivity contribution is -0.142. The van der Waals surface area contributed by atoms with Crippen LogP contribution in [0.1, 0.15) is 54.1 Å². The Morgan fingerprint density at radius 3 is 2.19 bits per heavy atom. The van der Waals surface area contributed by atoms with E-state index in [1.54, 1.807) is 13.2 Å². The van der Waals surface area contributed by atoms with Crippen molar-refractivity contribution in [1.82, 2.24) is 0 Å². The van der Waals surface area contributed by atoms with Crippen molar-refractivity contribution in [3.63, 3.8) is 0 Å². The van der Waals surface area contributed by atoms with Crippen LogP contribution in [0.3, 0.4) is 0 Å². The van der Waals surface area contributed by atoms with Crippen LogP contribution in [0.25, 0.3) is 0 Å². The highest BCUT2D eigenvalue weighted by Crippen LogP contribution is 2.41. The third kappa shape index (κ3) is 7.63. The van der Waals surface area contributed by atoms with Gasteiger partial charge in [-0.15, -0.1) is 0 Å². The second-order valence-corrected chi connectivity index (χ2v) is 9.29. The third-order valence-electron chi connectivity index (χ3n) is 6.00. The maximum absolute atomic E-state index is 12.4. The number of ether oxygens (including phenoxy) is 5. The molecule has 36 heavy (non-hydrogen) atoms. The highest BCUT2D eigenvalue weighted by atomic mass is 79.9. The Morgan fingerprint density at radius 1 is 0.944 bits per heavy atom. The van der Waals surface area contributed by atoms with Gasteiger partial charge in [0.2, 0.25) is 0 Å². The number of esters is 1. The van der Waals surface area contributed by atoms with Crippen molar-refractivity contribution >= 4 is 27.7 Å². The van der Waals surface area contributed by atoms with Gasteiger partial charge in [-0.25, -0.2) is 4.79 Å². The van der Waals surface area contributed by atoms with Crippen LogP contribution in [0.2, 0.25) is 0 Å². The first-order chi connectivity index (χ1) is 17.5. The van der Waals surface area contributed by atoms with E-state index in [9.17, 15) is 9.59 Å². The predicted molar refractivity (Wildman–Crippen MR) is 141 cm³/mol. The SMILES string of the molecule is CCCc1c(OCCCOc2ccc(C(=O)CBr)c(OC)c2CC2CC2)cccc1OCC(=O)OC. The molecule has 1 aliphatic carbocycles. The first-order valence-corrected chi connectivity index (χ1v) is 13.5. The summed E-state index contributed by atoms with van der Waals surface area (Å²) < 4.78 is 28.2. The summed E-state index contributed by atoms with van der Waals surface area (Å²) in [6.07, 6.45) is 5.58. The van der Waals surface area contributed by atoms with Crippen LogP contribution in [-0.4, -0.2) is 51.1 Å². The maximum atomic E-state index is 12.4. The molecule has 0 N–H and O–H groups in total. The quantitative estimate of drug-likeness (QED) is 0.114. The Morgan fingerprint density at radius 2 is 1.61 bits per heavy atom. The molecule has 8 heteroatoms. The van der Waals surface area contributed by atoms with E-state index in [-0.39, 0.29) is 17.7 Å². The standard InChI is InChI=1S/C28H35BrO7/c1-4-7-21-24(8-5-9-25(21)36-18-27(31)32-2)34-14-6-15-35-26-13-12-20(23(30)17-29)28(33-3)22(26)16-19-10-11-19/h5,8-9,12-13,19H,4,6-7,10-11,14-18H2,1-3H3. The van der Waals surface area contributed by atoms with Crippen LogP contribution >= 0.6 is 15.9 Å². The van der Waals surface area contributed by atoms with Crippen molar-refractivity contribution in [2.75, 3.05) is 39.4 Å². The summed E-state index contributed by atoms with van der Waals surface area (Å²) in [5.41, 5.74) is 2.49. The number of rotatable bonds is 16. The zero-order valence-electron chi connectivity index (χ0n) is 21.3. The van der Waals surface area contributed by atoms with E-state index in [1.807, 2.05) is 24.3 Å². The number of hydrogen-bond donors (Lipinski definition) is 0. The van der Waals surface area contributed by atoms with Gasteiger partial charge in [-0.2, -0.15) is 0 Å². The van der Waals surface area contributed by atoms with Gasteiger partial charge in [-0.1, -0.05) is 35.3 Å². The molecule has 0 radical (unpaired) electrons. The fourth-order valence-corrected chi connectivity index (χ4v) is 4.31. The number of alkyl halides is 1. The van der Waals surface area contributed by atoms with Crippen LogP contribution < -0.4 is 18.9 Å². The molecule has 0 unspecified atom stereocenters. The molecule has 1 aliphatic rings. The molecule has 0 amide bonds. The van der Waals surface area contributed by atoms with Gasteiger partial charge in [0, 0.05) is 17.5 Å². The molecule has 0 aromatic heterocycles. The molecule has 0 bridgehead atoms. The number of Topliss-reactive ketones (excluding diaryl/α,β-unsaturated/α-hetero) is 1. The number of hydrogen-bond acceptors (Lipinski definition) is 7. The Bertz CT molecular complexity index is 1030. The van der Waals surface area contributed by atoms with E-state index in [4.69, 9.17) is 18.9 Å². The molecule has 0 heterocycles. The van der Waals surface area contributed by atoms with Gasteiger partial charge in [-0.05, 0) is 55.9 Å². The van der Waals surface area contributed by atoms with Gasteiger partial charge in [0.15, 0.2) is 12.4 Å². The molecule has 1 fully saturated rings. The lowest BCUT2D eigenvalue weighted by Crippen LogP contribution is -2.14. The number of halogens is 1. The van der Waals surface area contributed by atoms with E-state index in [0.717, 1.165) is 41.9 Å². The van der Waals surface area contributed by atoms with Crippen molar-refractivity contribution in [2.24, 2.45) is 5.92 Å². The molecule has 2 aromatic carbocycles. The Kier molecular flexibility index (Phi) is 10.9. The summed E-state index contributed by atoms with van der Waals surface area (Å²) in [6.45, 7) is 2.87. The zero-order chi connectivity index (χ0) is 25.9. The highest BCUT2D eigenvalue weighted by molar-refractivity contribution is 9.09. The van der Waals surface area contributed by atoms with E-state index in [0.29, 0.717) is 42.6 Å². The van der Waals surface area contributed by atoms with Crippen molar-refractivity contribution in [2.45, 2.75) is 45.4 Å². The van der Waals surface area contributed by atoms with Crippen LogP contribution in [0.15, 0.2) is 30.3 Å². The van der Waals surface area contributed by atoms with Gasteiger partial charge >= 0.3 is 5.97 Å². The summed E-state index contributed by atoms with van der Waals surface area (Å²) >= 11 is 3.26. The molecule has 2 aromatic rings. The van der Waals surface area contributed by atoms with E-state index >= 15 is 0 Å². The number of carbonyl (C=O) groups excluding carboxylic acids is 2. The van der Waals surface area contributed by atoms with Gasteiger partial charge in [0.1, 0.15) is 23.0 Å². The Labute approximate surface area is 221 Å². The minimum absolute atomic E-state index is 0.00970. The smallest absolute Gasteiger partial charge is 0.343 e. The van der Waals surface area contributed by atoms with Crippen LogP contribution in [0, 0.1) is 5.92 Å². The van der Waals surface area contributed by atoms with Gasteiger partial charge in [0.25, 0.3) is 0 Å². The number of carbonyl (C=O) groups is 2. The largest absolute Gasteiger partial charge is 0.496 e. The second kappa shape index (κ2) is 14.1. The normalized spacial score (nSPS) is 12.7. The number of benzene rings is 2. The summed E-state index contributed by atoms with van der Waals surface area (Å²) in [7, 11) is 2.94. The molecule has 196 valence electrons. The van der Waals surface area contributed by atoms with Crippen molar-refractivity contribution < 1.29 is 33.3 Å². The minimum Gasteiger partial charge on any atom is -0.496 e. The Balaban J connectivity index is 1.62. The van der Waals surface area contributed by atoms with Crippen molar-refractivity contribution in [1.29, 1.82) is 0 Å². The van der Waals surface area contributed by atoms with Crippen molar-refractivity contribution in [3.8, 4) is 23.0 Å². The van der Waals surface area contributed by atoms with E-state index < -0.39 is 5.97 Å². The van der Waals surface area contributed by atoms with E-state index in [2.05, 4.69) is 27.6 Å². The zero-order valence-corrected chi connectivity index (χ0v) is 22.9. The summed E-state index contributed by atoms with van der Waals surface area (Å²) in [5, 5.41) is 0.249. The fourth-order valence-electron chi connectivity index (χ4n) is 4.00. The lowest BCUT2D eigenvalue weighted by atomic mass is 10.0. The molecule has 0 spiro atoms. The second-order valence-electron chi connectivity index (χ2n) is 8.73. The van der Waals surface area contributed by atoms with Gasteiger partial charge in [0.05, 0.1) is 38.3 Å². The molecular weight excluding hydrogens is 528 g/mol. The lowest BCUT2D eigenvalue weighted by Gasteiger charge is -2.18. The maximum Gasteiger partial charge on any atom is 0.343 e. The average Bonchev–Trinajstić information content (AvgIpc) is 3.72. The first kappa shape index (κ1) is 27.8. The molecule has 7 nitrogen and oxygen atoms in total. The molecule has 0 saturated heterocycles. The number of methoxy groups -OCH3 is 2. The van der Waals surface area contributed by atoms with Crippen LogP contribution in [-0.2, 0) is 22.4 Å². The topological polar surface area (TPSA) is 80.3 Å². The summed E-state index contributed by atoms with van der Waals surface area (Å²) in [6, 6.07) is 9.25. The van der Waals surface area contributed by atoms with Crippen molar-refractivity contribution in [3.05, 3.63) is 47.0 Å². The predicted octanol–water partition coefficient (Wildman–Crippen LogP) is 5.58. The minimum atomic E-state index is -0.428. The van der Waals surface area contributed by atoms with Crippen LogP contribution in [0.5, 0.6) is 23.0 Å². The summed E-state index contributed by atoms with van der Waals surface area (Å²) in [5.74, 6) is 2.93. The van der Waals surface area contributed by atoms with Gasteiger partial charge < -0.3 is 23.7 Å². The monoisotopic (exact) mass is 562 g/mol.